The number of hydrogen-bond donors (Lipinski definition) is 0. The van der Waals surface area contributed by atoms with Crippen molar-refractivity contribution in [2.24, 2.45) is 0 Å². The fourth-order valence-corrected chi connectivity index (χ4v) is 1.90. The van der Waals surface area contributed by atoms with E-state index >= 15 is 0 Å². The summed E-state index contributed by atoms with van der Waals surface area (Å²) < 4.78 is 15.4. The molecule has 0 bridgehead atoms. The molecule has 0 aromatic heterocycles. The number of benzene rings is 1. The van der Waals surface area contributed by atoms with Gasteiger partial charge in [-0.15, -0.1) is 0 Å². The zero-order valence-corrected chi connectivity index (χ0v) is 9.80. The number of hydrogen-bond acceptors (Lipinski definition) is 3. The number of para-hydroxylation sites is 1. The lowest BCUT2D eigenvalue weighted by Crippen LogP contribution is -2.07. The molecule has 0 aliphatic rings. The lowest BCUT2D eigenvalue weighted by molar-refractivity contribution is 0.0500. The highest BCUT2D eigenvalue weighted by molar-refractivity contribution is 7.75. The molecule has 0 spiro atoms. The monoisotopic (exact) mass is 234 g/mol. The third-order valence-electron chi connectivity index (χ3n) is 1.62. The molecule has 0 saturated heterocycles. The Hall–Kier alpha value is -0.500. The van der Waals surface area contributed by atoms with Crippen molar-refractivity contribution in [2.75, 3.05) is 21.0 Å². The fourth-order valence-electron chi connectivity index (χ4n) is 1.02. The summed E-state index contributed by atoms with van der Waals surface area (Å²) in [5.74, 6) is 1.33. The first-order valence-corrected chi connectivity index (χ1v) is 6.00. The lowest BCUT2D eigenvalue weighted by Gasteiger charge is -2.12. The molecule has 0 aliphatic heterocycles. The third kappa shape index (κ3) is 2.74. The highest BCUT2D eigenvalue weighted by atomic mass is 35.7. The summed E-state index contributed by atoms with van der Waals surface area (Å²) >= 11 is 5.79. The fraction of sp³-hybridized carbons (Fsp3) is 0.333. The second-order valence-electron chi connectivity index (χ2n) is 2.48. The van der Waals surface area contributed by atoms with Crippen LogP contribution in [0.15, 0.2) is 18.2 Å². The molecule has 0 fully saturated rings. The van der Waals surface area contributed by atoms with Gasteiger partial charge in [-0.1, -0.05) is 17.3 Å². The van der Waals surface area contributed by atoms with E-state index in [1.807, 2.05) is 18.2 Å². The van der Waals surface area contributed by atoms with E-state index in [0.29, 0.717) is 11.5 Å². The highest BCUT2D eigenvalue weighted by Gasteiger charge is 2.09. The summed E-state index contributed by atoms with van der Waals surface area (Å²) in [7, 11) is 3.31. The van der Waals surface area contributed by atoms with E-state index < -0.39 is 0 Å². The largest absolute Gasteiger partial charge is 0.493 e. The van der Waals surface area contributed by atoms with Crippen LogP contribution in [0, 0.1) is 0 Å². The van der Waals surface area contributed by atoms with Gasteiger partial charge in [0, 0.05) is 20.3 Å². The molecule has 0 heterocycles. The average Bonchev–Trinajstić information content (AvgIpc) is 2.25. The van der Waals surface area contributed by atoms with Gasteiger partial charge in [-0.25, -0.2) is 0 Å². The topological polar surface area (TPSA) is 27.7 Å². The SMILES string of the molecule is COCOc1c(OC)cccc1PCl. The molecule has 0 saturated carbocycles. The number of methoxy groups -OCH3 is 2. The van der Waals surface area contributed by atoms with Crippen molar-refractivity contribution in [1.82, 2.24) is 0 Å². The molecule has 1 aromatic carbocycles. The first-order valence-electron chi connectivity index (χ1n) is 3.99. The average molecular weight is 235 g/mol. The maximum atomic E-state index is 5.79. The molecule has 1 unspecified atom stereocenters. The molecular weight excluding hydrogens is 223 g/mol. The van der Waals surface area contributed by atoms with Crippen molar-refractivity contribution in [3.8, 4) is 11.5 Å². The van der Waals surface area contributed by atoms with Crippen LogP contribution in [0.1, 0.15) is 0 Å². The van der Waals surface area contributed by atoms with Gasteiger partial charge in [0.05, 0.1) is 7.11 Å². The predicted molar refractivity (Wildman–Crippen MR) is 59.3 cm³/mol. The Morgan fingerprint density at radius 3 is 2.71 bits per heavy atom. The van der Waals surface area contributed by atoms with Crippen molar-refractivity contribution in [2.45, 2.75) is 0 Å². The zero-order valence-electron chi connectivity index (χ0n) is 8.04. The van der Waals surface area contributed by atoms with Gasteiger partial charge in [0.15, 0.2) is 18.3 Å². The van der Waals surface area contributed by atoms with Crippen molar-refractivity contribution in [1.29, 1.82) is 0 Å². The molecular formula is C9H12ClO3P. The first-order chi connectivity index (χ1) is 6.83. The van der Waals surface area contributed by atoms with Crippen LogP contribution >= 0.6 is 19.2 Å². The van der Waals surface area contributed by atoms with Gasteiger partial charge in [0.1, 0.15) is 0 Å². The van der Waals surface area contributed by atoms with E-state index in [9.17, 15) is 0 Å². The maximum absolute atomic E-state index is 5.79. The molecule has 1 rings (SSSR count). The second kappa shape index (κ2) is 6.07. The Bertz CT molecular complexity index is 271. The second-order valence-corrected chi connectivity index (χ2v) is 3.78. The van der Waals surface area contributed by atoms with E-state index in [-0.39, 0.29) is 14.7 Å². The summed E-state index contributed by atoms with van der Waals surface area (Å²) in [6.07, 6.45) is 0. The van der Waals surface area contributed by atoms with E-state index in [1.165, 1.54) is 0 Å². The Morgan fingerprint density at radius 2 is 2.14 bits per heavy atom. The summed E-state index contributed by atoms with van der Waals surface area (Å²) in [6, 6.07) is 5.60. The predicted octanol–water partition coefficient (Wildman–Crippen LogP) is 2.14. The minimum absolute atomic E-state index is 0.151. The van der Waals surface area contributed by atoms with Crippen LogP contribution in [0.3, 0.4) is 0 Å². The van der Waals surface area contributed by atoms with Gasteiger partial charge >= 0.3 is 0 Å². The van der Waals surface area contributed by atoms with Gasteiger partial charge in [0.2, 0.25) is 0 Å². The van der Waals surface area contributed by atoms with Gasteiger partial charge in [0.25, 0.3) is 0 Å². The summed E-state index contributed by atoms with van der Waals surface area (Å²) in [4.78, 5) is 0. The number of rotatable bonds is 5. The Labute approximate surface area is 89.9 Å². The van der Waals surface area contributed by atoms with Crippen LogP contribution in [-0.4, -0.2) is 21.0 Å². The van der Waals surface area contributed by atoms with Gasteiger partial charge in [-0.2, -0.15) is 0 Å². The van der Waals surface area contributed by atoms with Crippen LogP contribution in [0.2, 0.25) is 0 Å². The minimum atomic E-state index is 0.151. The van der Waals surface area contributed by atoms with Gasteiger partial charge in [-0.3, -0.25) is 0 Å². The van der Waals surface area contributed by atoms with Crippen LogP contribution in [0.5, 0.6) is 11.5 Å². The van der Waals surface area contributed by atoms with Crippen molar-refractivity contribution in [3.63, 3.8) is 0 Å². The van der Waals surface area contributed by atoms with Crippen LogP contribution in [0.4, 0.5) is 0 Å². The molecule has 0 N–H and O–H groups in total. The molecule has 0 radical (unpaired) electrons. The van der Waals surface area contributed by atoms with Gasteiger partial charge in [-0.05, 0) is 12.1 Å². The standard InChI is InChI=1S/C9H12ClO3P/c1-11-6-13-9-7(12-2)4-3-5-8(9)14-10/h3-5,14H,6H2,1-2H3. The van der Waals surface area contributed by atoms with Gasteiger partial charge < -0.3 is 14.2 Å². The van der Waals surface area contributed by atoms with Crippen LogP contribution in [-0.2, 0) is 4.74 Å². The molecule has 78 valence electrons. The highest BCUT2D eigenvalue weighted by Crippen LogP contribution is 2.31. The third-order valence-corrected chi connectivity index (χ3v) is 2.83. The molecule has 0 amide bonds. The zero-order chi connectivity index (χ0) is 10.4. The Morgan fingerprint density at radius 1 is 1.36 bits per heavy atom. The molecule has 1 aromatic rings. The van der Waals surface area contributed by atoms with Crippen molar-refractivity contribution in [3.05, 3.63) is 18.2 Å². The number of halogens is 1. The van der Waals surface area contributed by atoms with Crippen molar-refractivity contribution >= 4 is 24.5 Å². The molecule has 1 atom stereocenters. The smallest absolute Gasteiger partial charge is 0.188 e. The van der Waals surface area contributed by atoms with E-state index in [0.717, 1.165) is 5.30 Å². The van der Waals surface area contributed by atoms with Crippen LogP contribution in [0.25, 0.3) is 0 Å². The van der Waals surface area contributed by atoms with E-state index in [4.69, 9.17) is 25.5 Å². The normalized spacial score (nSPS) is 10.8. The van der Waals surface area contributed by atoms with Crippen LogP contribution < -0.4 is 14.8 Å². The summed E-state index contributed by atoms with van der Waals surface area (Å²) in [5, 5.41) is 0.920. The Kier molecular flexibility index (Phi) is 5.02. The molecule has 0 aliphatic carbocycles. The Balaban J connectivity index is 2.93. The molecule has 14 heavy (non-hydrogen) atoms. The lowest BCUT2D eigenvalue weighted by atomic mass is 10.3. The van der Waals surface area contributed by atoms with E-state index in [1.54, 1.807) is 14.2 Å². The summed E-state index contributed by atoms with van der Waals surface area (Å²) in [6.45, 7) is 0.189. The van der Waals surface area contributed by atoms with E-state index in [2.05, 4.69) is 0 Å². The maximum Gasteiger partial charge on any atom is 0.188 e. The first kappa shape index (κ1) is 11.6. The minimum Gasteiger partial charge on any atom is -0.493 e. The molecule has 3 nitrogen and oxygen atoms in total. The van der Waals surface area contributed by atoms with Crippen molar-refractivity contribution < 1.29 is 14.2 Å². The quantitative estimate of drug-likeness (QED) is 0.577. The molecule has 5 heteroatoms. The summed E-state index contributed by atoms with van der Waals surface area (Å²) in [5.41, 5.74) is 0. The number of ether oxygens (including phenoxy) is 3.